The summed E-state index contributed by atoms with van der Waals surface area (Å²) in [4.78, 5) is 20.0. The fourth-order valence-electron chi connectivity index (χ4n) is 3.11. The highest BCUT2D eigenvalue weighted by Gasteiger charge is 2.18. The molecule has 0 fully saturated rings. The first kappa shape index (κ1) is 14.1. The average molecular weight is 309 g/mol. The van der Waals surface area contributed by atoms with E-state index in [0.717, 1.165) is 41.9 Å². The van der Waals surface area contributed by atoms with Crippen LogP contribution in [-0.4, -0.2) is 22.4 Å². The van der Waals surface area contributed by atoms with Crippen LogP contribution in [0.4, 0.5) is 0 Å². The second-order valence-electron chi connectivity index (χ2n) is 5.97. The van der Waals surface area contributed by atoms with Crippen molar-refractivity contribution in [3.05, 3.63) is 53.2 Å². The molecule has 0 bridgehead atoms. The van der Waals surface area contributed by atoms with E-state index in [1.165, 1.54) is 12.0 Å². The van der Waals surface area contributed by atoms with E-state index in [4.69, 9.17) is 4.42 Å². The molecule has 5 heteroatoms. The van der Waals surface area contributed by atoms with Gasteiger partial charge in [-0.2, -0.15) is 0 Å². The number of nitrogens with one attached hydrogen (secondary N) is 2. The summed E-state index contributed by atoms with van der Waals surface area (Å²) in [6.45, 7) is 0.532. The van der Waals surface area contributed by atoms with Gasteiger partial charge >= 0.3 is 0 Å². The molecule has 1 aromatic carbocycles. The average Bonchev–Trinajstić information content (AvgIpc) is 3.18. The number of aryl methyl sites for hydroxylation is 2. The topological polar surface area (TPSA) is 70.9 Å². The molecule has 1 aliphatic carbocycles. The highest BCUT2D eigenvalue weighted by atomic mass is 16.4. The van der Waals surface area contributed by atoms with Crippen LogP contribution in [0.5, 0.6) is 0 Å². The quantitative estimate of drug-likeness (QED) is 0.778. The van der Waals surface area contributed by atoms with E-state index >= 15 is 0 Å². The Morgan fingerprint density at radius 2 is 2.13 bits per heavy atom. The standard InChI is InChI=1S/C18H19N3O2/c22-18(16-11-12-5-1-4-8-15(12)23-16)19-10-9-17-20-13-6-2-3-7-14(13)21-17/h2-3,6-7,11H,1,4-5,8-10H2,(H,19,22)(H,20,21). The lowest BCUT2D eigenvalue weighted by Crippen LogP contribution is -2.25. The highest BCUT2D eigenvalue weighted by molar-refractivity contribution is 5.91. The summed E-state index contributed by atoms with van der Waals surface area (Å²) in [7, 11) is 0. The highest BCUT2D eigenvalue weighted by Crippen LogP contribution is 2.24. The summed E-state index contributed by atoms with van der Waals surface area (Å²) in [5.41, 5.74) is 3.17. The largest absolute Gasteiger partial charge is 0.456 e. The first-order valence-corrected chi connectivity index (χ1v) is 8.13. The molecule has 23 heavy (non-hydrogen) atoms. The molecule has 118 valence electrons. The Labute approximate surface area is 134 Å². The first-order chi connectivity index (χ1) is 11.3. The number of amides is 1. The number of carbonyl (C=O) groups excluding carboxylic acids is 1. The number of aromatic amines is 1. The van der Waals surface area contributed by atoms with Gasteiger partial charge in [-0.3, -0.25) is 4.79 Å². The van der Waals surface area contributed by atoms with Crippen molar-refractivity contribution in [2.24, 2.45) is 0 Å². The van der Waals surface area contributed by atoms with Crippen molar-refractivity contribution >= 4 is 16.9 Å². The van der Waals surface area contributed by atoms with E-state index < -0.39 is 0 Å². The van der Waals surface area contributed by atoms with Crippen molar-refractivity contribution in [1.29, 1.82) is 0 Å². The van der Waals surface area contributed by atoms with Crippen LogP contribution in [-0.2, 0) is 19.3 Å². The Bertz CT molecular complexity index is 790. The Morgan fingerprint density at radius 1 is 1.26 bits per heavy atom. The first-order valence-electron chi connectivity index (χ1n) is 8.13. The fraction of sp³-hybridized carbons (Fsp3) is 0.333. The maximum absolute atomic E-state index is 12.2. The van der Waals surface area contributed by atoms with Crippen LogP contribution in [0.25, 0.3) is 11.0 Å². The minimum absolute atomic E-state index is 0.143. The molecule has 0 radical (unpaired) electrons. The number of furan rings is 1. The van der Waals surface area contributed by atoms with E-state index in [1.807, 2.05) is 30.3 Å². The number of fused-ring (bicyclic) bond motifs is 2. The SMILES string of the molecule is O=C(NCCc1nc2ccccc2[nH]1)c1cc2c(o1)CCCC2. The molecule has 4 rings (SSSR count). The van der Waals surface area contributed by atoms with Gasteiger partial charge in [-0.1, -0.05) is 12.1 Å². The number of benzene rings is 1. The number of nitrogens with zero attached hydrogens (tertiary/aromatic N) is 1. The lowest BCUT2D eigenvalue weighted by Gasteiger charge is -2.07. The zero-order chi connectivity index (χ0) is 15.6. The smallest absolute Gasteiger partial charge is 0.287 e. The number of rotatable bonds is 4. The third-order valence-corrected chi connectivity index (χ3v) is 4.31. The molecule has 5 nitrogen and oxygen atoms in total. The monoisotopic (exact) mass is 309 g/mol. The van der Waals surface area contributed by atoms with Crippen molar-refractivity contribution in [2.75, 3.05) is 6.54 Å². The molecule has 2 aromatic heterocycles. The molecular formula is C18H19N3O2. The summed E-state index contributed by atoms with van der Waals surface area (Å²) < 4.78 is 5.68. The Kier molecular flexibility index (Phi) is 3.61. The second-order valence-corrected chi connectivity index (χ2v) is 5.97. The predicted octanol–water partition coefficient (Wildman–Crippen LogP) is 3.01. The molecule has 2 N–H and O–H groups in total. The zero-order valence-corrected chi connectivity index (χ0v) is 12.9. The van der Waals surface area contributed by atoms with Gasteiger partial charge in [0.15, 0.2) is 5.76 Å². The van der Waals surface area contributed by atoms with Crippen molar-refractivity contribution in [1.82, 2.24) is 15.3 Å². The van der Waals surface area contributed by atoms with E-state index in [2.05, 4.69) is 15.3 Å². The molecule has 2 heterocycles. The maximum Gasteiger partial charge on any atom is 0.287 e. The van der Waals surface area contributed by atoms with Crippen molar-refractivity contribution < 1.29 is 9.21 Å². The zero-order valence-electron chi connectivity index (χ0n) is 12.9. The molecule has 0 spiro atoms. The van der Waals surface area contributed by atoms with Crippen molar-refractivity contribution in [3.8, 4) is 0 Å². The number of carbonyl (C=O) groups is 1. The maximum atomic E-state index is 12.2. The molecule has 1 aliphatic rings. The van der Waals surface area contributed by atoms with Crippen LogP contribution < -0.4 is 5.32 Å². The molecular weight excluding hydrogens is 290 g/mol. The molecule has 0 saturated heterocycles. The third-order valence-electron chi connectivity index (χ3n) is 4.31. The Morgan fingerprint density at radius 3 is 3.00 bits per heavy atom. The molecule has 0 atom stereocenters. The van der Waals surface area contributed by atoms with Crippen LogP contribution in [0, 0.1) is 0 Å². The molecule has 3 aromatic rings. The van der Waals surface area contributed by atoms with Gasteiger partial charge in [0.25, 0.3) is 5.91 Å². The van der Waals surface area contributed by atoms with Crippen LogP contribution in [0.1, 0.15) is 40.5 Å². The molecule has 0 aliphatic heterocycles. The van der Waals surface area contributed by atoms with E-state index in [0.29, 0.717) is 18.7 Å². The van der Waals surface area contributed by atoms with E-state index in [9.17, 15) is 4.79 Å². The number of aromatic nitrogens is 2. The van der Waals surface area contributed by atoms with E-state index in [-0.39, 0.29) is 5.91 Å². The van der Waals surface area contributed by atoms with Crippen LogP contribution in [0.3, 0.4) is 0 Å². The fourth-order valence-corrected chi connectivity index (χ4v) is 3.11. The molecule has 0 saturated carbocycles. The molecule has 0 unspecified atom stereocenters. The molecule has 1 amide bonds. The number of H-pyrrole nitrogens is 1. The Hall–Kier alpha value is -2.56. The summed E-state index contributed by atoms with van der Waals surface area (Å²) in [5, 5.41) is 2.91. The minimum atomic E-state index is -0.143. The lowest BCUT2D eigenvalue weighted by molar-refractivity contribution is 0.0924. The van der Waals surface area contributed by atoms with Gasteiger partial charge in [-0.05, 0) is 43.0 Å². The van der Waals surface area contributed by atoms with Crippen LogP contribution in [0.15, 0.2) is 34.7 Å². The van der Waals surface area contributed by atoms with Gasteiger partial charge in [-0.25, -0.2) is 4.98 Å². The van der Waals surface area contributed by atoms with Crippen LogP contribution >= 0.6 is 0 Å². The van der Waals surface area contributed by atoms with Gasteiger partial charge in [0.1, 0.15) is 11.6 Å². The van der Waals surface area contributed by atoms with Gasteiger partial charge in [-0.15, -0.1) is 0 Å². The minimum Gasteiger partial charge on any atom is -0.456 e. The number of para-hydroxylation sites is 2. The summed E-state index contributed by atoms with van der Waals surface area (Å²) >= 11 is 0. The van der Waals surface area contributed by atoms with E-state index in [1.54, 1.807) is 0 Å². The number of hydrogen-bond acceptors (Lipinski definition) is 3. The van der Waals surface area contributed by atoms with Gasteiger partial charge < -0.3 is 14.7 Å². The van der Waals surface area contributed by atoms with Gasteiger partial charge in [0, 0.05) is 19.4 Å². The third kappa shape index (κ3) is 2.86. The Balaban J connectivity index is 1.37. The summed E-state index contributed by atoms with van der Waals surface area (Å²) in [6, 6.07) is 9.81. The van der Waals surface area contributed by atoms with Crippen molar-refractivity contribution in [2.45, 2.75) is 32.1 Å². The van der Waals surface area contributed by atoms with Gasteiger partial charge in [0.05, 0.1) is 11.0 Å². The normalized spacial score (nSPS) is 13.9. The van der Waals surface area contributed by atoms with Crippen molar-refractivity contribution in [3.63, 3.8) is 0 Å². The van der Waals surface area contributed by atoms with Crippen LogP contribution in [0.2, 0.25) is 0 Å². The predicted molar refractivity (Wildman–Crippen MR) is 87.5 cm³/mol. The summed E-state index contributed by atoms with van der Waals surface area (Å²) in [5.74, 6) is 2.15. The number of hydrogen-bond donors (Lipinski definition) is 2. The summed E-state index contributed by atoms with van der Waals surface area (Å²) in [6.07, 6.45) is 4.96. The lowest BCUT2D eigenvalue weighted by atomic mass is 9.99. The number of imidazole rings is 1. The van der Waals surface area contributed by atoms with Gasteiger partial charge in [0.2, 0.25) is 0 Å². The second kappa shape index (κ2) is 5.91.